The number of carbonyl (C=O) groups excluding carboxylic acids is 1. The molecule has 0 aliphatic heterocycles. The molecule has 104 valence electrons. The zero-order chi connectivity index (χ0) is 14.5. The van der Waals surface area contributed by atoms with Crippen molar-refractivity contribution in [1.29, 1.82) is 0 Å². The number of halogens is 3. The second-order valence-corrected chi connectivity index (χ2v) is 4.08. The zero-order valence-corrected chi connectivity index (χ0v) is 10.4. The van der Waals surface area contributed by atoms with Gasteiger partial charge in [-0.25, -0.2) is 13.2 Å². The monoisotopic (exact) mass is 280 g/mol. The van der Waals surface area contributed by atoms with E-state index in [1.54, 1.807) is 24.3 Å². The Hall–Kier alpha value is -2.30. The highest BCUT2D eigenvalue weighted by molar-refractivity contribution is 5.98. The molecule has 0 atom stereocenters. The van der Waals surface area contributed by atoms with Crippen LogP contribution in [0.3, 0.4) is 0 Å². The van der Waals surface area contributed by atoms with Gasteiger partial charge in [0.15, 0.2) is 11.6 Å². The topological polar surface area (TPSA) is 26.3 Å². The molecule has 0 spiro atoms. The maximum atomic E-state index is 13.5. The van der Waals surface area contributed by atoms with Gasteiger partial charge in [-0.15, -0.1) is 0 Å². The van der Waals surface area contributed by atoms with E-state index in [1.165, 1.54) is 0 Å². The smallest absolute Gasteiger partial charge is 0.300 e. The lowest BCUT2D eigenvalue weighted by molar-refractivity contribution is 0.0678. The third-order valence-electron chi connectivity index (χ3n) is 2.65. The molecule has 0 aliphatic carbocycles. The summed E-state index contributed by atoms with van der Waals surface area (Å²) in [6.45, 7) is 0.0874. The summed E-state index contributed by atoms with van der Waals surface area (Å²) >= 11 is 0. The Balaban J connectivity index is 2.15. The molecule has 2 rings (SSSR count). The maximum Gasteiger partial charge on any atom is 0.300 e. The van der Waals surface area contributed by atoms with Crippen LogP contribution in [0.25, 0.3) is 0 Å². The van der Waals surface area contributed by atoms with Gasteiger partial charge in [0.05, 0.1) is 0 Å². The number of rotatable bonds is 5. The first-order valence-corrected chi connectivity index (χ1v) is 5.86. The van der Waals surface area contributed by atoms with Gasteiger partial charge in [-0.2, -0.15) is 0 Å². The Labute approximate surface area is 113 Å². The van der Waals surface area contributed by atoms with Gasteiger partial charge in [0.25, 0.3) is 0 Å². The van der Waals surface area contributed by atoms with Crippen LogP contribution in [0.2, 0.25) is 0 Å². The van der Waals surface area contributed by atoms with Crippen LogP contribution in [-0.2, 0) is 6.61 Å². The molecule has 0 radical (unpaired) electrons. The summed E-state index contributed by atoms with van der Waals surface area (Å²) in [6.07, 6.45) is -3.12. The molecule has 5 heteroatoms. The fourth-order valence-electron chi connectivity index (χ4n) is 1.63. The van der Waals surface area contributed by atoms with Crippen molar-refractivity contribution in [3.05, 3.63) is 65.5 Å². The summed E-state index contributed by atoms with van der Waals surface area (Å²) in [5, 5.41) is 0. The highest BCUT2D eigenvalue weighted by Crippen LogP contribution is 2.21. The van der Waals surface area contributed by atoms with Gasteiger partial charge in [0.2, 0.25) is 5.78 Å². The van der Waals surface area contributed by atoms with Crippen LogP contribution in [0.4, 0.5) is 13.2 Å². The van der Waals surface area contributed by atoms with E-state index in [-0.39, 0.29) is 17.9 Å². The van der Waals surface area contributed by atoms with Crippen molar-refractivity contribution in [2.45, 2.75) is 13.0 Å². The molecule has 0 saturated carbocycles. The van der Waals surface area contributed by atoms with Crippen molar-refractivity contribution < 1.29 is 22.7 Å². The number of ether oxygens (including phenoxy) is 1. The molecule has 0 fully saturated rings. The van der Waals surface area contributed by atoms with Crippen molar-refractivity contribution >= 4 is 5.78 Å². The summed E-state index contributed by atoms with van der Waals surface area (Å²) in [4.78, 5) is 11.2. The lowest BCUT2D eigenvalue weighted by atomic mass is 10.1. The largest absolute Gasteiger partial charge is 0.486 e. The van der Waals surface area contributed by atoms with E-state index in [0.717, 1.165) is 23.8 Å². The highest BCUT2D eigenvalue weighted by atomic mass is 19.3. The highest BCUT2D eigenvalue weighted by Gasteiger charge is 2.19. The molecular weight excluding hydrogens is 269 g/mol. The molecule has 0 aliphatic rings. The minimum atomic E-state index is -3.12. The van der Waals surface area contributed by atoms with E-state index in [0.29, 0.717) is 0 Å². The van der Waals surface area contributed by atoms with Crippen LogP contribution in [0.15, 0.2) is 48.5 Å². The van der Waals surface area contributed by atoms with E-state index in [4.69, 9.17) is 4.74 Å². The molecule has 0 amide bonds. The van der Waals surface area contributed by atoms with Crippen LogP contribution in [0.5, 0.6) is 5.75 Å². The number of ketones is 1. The Morgan fingerprint density at radius 1 is 1.10 bits per heavy atom. The van der Waals surface area contributed by atoms with Crippen LogP contribution in [0.1, 0.15) is 15.9 Å². The quantitative estimate of drug-likeness (QED) is 0.777. The lowest BCUT2D eigenvalue weighted by Crippen LogP contribution is -2.10. The van der Waals surface area contributed by atoms with Crippen molar-refractivity contribution in [3.63, 3.8) is 0 Å². The third kappa shape index (κ3) is 3.38. The number of Topliss-reactive ketones (excluding diaryl/α,β-unsaturated/α-hetero) is 1. The molecule has 2 aromatic carbocycles. The van der Waals surface area contributed by atoms with Gasteiger partial charge >= 0.3 is 6.43 Å². The van der Waals surface area contributed by atoms with Crippen LogP contribution < -0.4 is 4.74 Å². The van der Waals surface area contributed by atoms with Crippen LogP contribution in [-0.4, -0.2) is 12.2 Å². The summed E-state index contributed by atoms with van der Waals surface area (Å²) in [5.41, 5.74) is 0.530. The van der Waals surface area contributed by atoms with Gasteiger partial charge in [-0.1, -0.05) is 30.3 Å². The molecule has 0 saturated heterocycles. The van der Waals surface area contributed by atoms with Crippen LogP contribution in [0, 0.1) is 5.82 Å². The second kappa shape index (κ2) is 6.23. The third-order valence-corrected chi connectivity index (χ3v) is 2.65. The molecule has 0 bridgehead atoms. The first-order valence-electron chi connectivity index (χ1n) is 5.86. The average molecular weight is 280 g/mol. The average Bonchev–Trinajstić information content (AvgIpc) is 2.46. The Morgan fingerprint density at radius 3 is 2.45 bits per heavy atom. The van der Waals surface area contributed by atoms with Gasteiger partial charge < -0.3 is 4.74 Å². The Morgan fingerprint density at radius 2 is 1.80 bits per heavy atom. The molecule has 20 heavy (non-hydrogen) atoms. The maximum absolute atomic E-state index is 13.5. The summed E-state index contributed by atoms with van der Waals surface area (Å²) < 4.78 is 43.4. The summed E-state index contributed by atoms with van der Waals surface area (Å²) in [5.74, 6) is -2.28. The summed E-state index contributed by atoms with van der Waals surface area (Å²) in [7, 11) is 0. The predicted octanol–water partition coefficient (Wildman–Crippen LogP) is 3.85. The van der Waals surface area contributed by atoms with Gasteiger partial charge in [0.1, 0.15) is 6.61 Å². The number of benzene rings is 2. The predicted molar refractivity (Wildman–Crippen MR) is 67.5 cm³/mol. The molecule has 0 aromatic heterocycles. The van der Waals surface area contributed by atoms with Crippen molar-refractivity contribution in [2.24, 2.45) is 0 Å². The minimum absolute atomic E-state index is 0.0874. The standard InChI is InChI=1S/C15H11F3O2/c16-12-7-6-11(14(19)15(17)18)8-13(12)20-9-10-4-2-1-3-5-10/h1-8,15H,9H2. The molecule has 2 nitrogen and oxygen atoms in total. The SMILES string of the molecule is O=C(c1ccc(F)c(OCc2ccccc2)c1)C(F)F. The van der Waals surface area contributed by atoms with E-state index in [2.05, 4.69) is 0 Å². The van der Waals surface area contributed by atoms with Crippen LogP contribution >= 0.6 is 0 Å². The first-order chi connectivity index (χ1) is 9.58. The number of alkyl halides is 2. The van der Waals surface area contributed by atoms with Crippen molar-refractivity contribution in [2.75, 3.05) is 0 Å². The van der Waals surface area contributed by atoms with Gasteiger partial charge in [-0.05, 0) is 23.8 Å². The molecule has 2 aromatic rings. The number of hydrogen-bond acceptors (Lipinski definition) is 2. The van der Waals surface area contributed by atoms with Gasteiger partial charge in [0, 0.05) is 5.56 Å². The normalized spacial score (nSPS) is 10.6. The lowest BCUT2D eigenvalue weighted by Gasteiger charge is -2.09. The fraction of sp³-hybridized carbons (Fsp3) is 0.133. The minimum Gasteiger partial charge on any atom is -0.486 e. The first kappa shape index (κ1) is 14.1. The van der Waals surface area contributed by atoms with Crippen molar-refractivity contribution in [1.82, 2.24) is 0 Å². The number of hydrogen-bond donors (Lipinski definition) is 0. The Bertz CT molecular complexity index is 597. The van der Waals surface area contributed by atoms with Gasteiger partial charge in [-0.3, -0.25) is 4.79 Å². The molecule has 0 N–H and O–H groups in total. The number of carbonyl (C=O) groups is 1. The van der Waals surface area contributed by atoms with Crippen molar-refractivity contribution in [3.8, 4) is 5.75 Å². The molecule has 0 heterocycles. The zero-order valence-electron chi connectivity index (χ0n) is 10.4. The van der Waals surface area contributed by atoms with E-state index in [9.17, 15) is 18.0 Å². The fourth-order valence-corrected chi connectivity index (χ4v) is 1.63. The molecular formula is C15H11F3O2. The second-order valence-electron chi connectivity index (χ2n) is 4.08. The molecule has 0 unspecified atom stereocenters. The van der Waals surface area contributed by atoms with E-state index >= 15 is 0 Å². The summed E-state index contributed by atoms with van der Waals surface area (Å²) in [6, 6.07) is 11.9. The van der Waals surface area contributed by atoms with E-state index in [1.807, 2.05) is 6.07 Å². The van der Waals surface area contributed by atoms with E-state index < -0.39 is 18.0 Å². The Kier molecular flexibility index (Phi) is 4.40.